The predicted molar refractivity (Wildman–Crippen MR) is 378 cm³/mol. The largest absolute Gasteiger partial charge is 0.311 e. The summed E-state index contributed by atoms with van der Waals surface area (Å²) in [5.41, 5.74) is 27.8. The van der Waals surface area contributed by atoms with Crippen molar-refractivity contribution in [3.05, 3.63) is 375 Å². The molecule has 0 aliphatic carbocycles. The molecule has 0 fully saturated rings. The number of rotatable bonds is 16. The Bertz CT molecular complexity index is 4030. The van der Waals surface area contributed by atoms with Crippen LogP contribution in [0.3, 0.4) is 0 Å². The van der Waals surface area contributed by atoms with Crippen LogP contribution < -0.4 is 9.80 Å². The summed E-state index contributed by atoms with van der Waals surface area (Å²) >= 11 is 0. The first-order valence-corrected chi connectivity index (χ1v) is 30.7. The number of hydrogen-bond donors (Lipinski definition) is 0. The van der Waals surface area contributed by atoms with Crippen molar-refractivity contribution >= 4 is 34.1 Å². The van der Waals surface area contributed by atoms with Crippen molar-refractivity contribution in [1.82, 2.24) is 0 Å². The molecule has 0 aliphatic rings. The normalized spacial score (nSPS) is 11.3. The lowest BCUT2D eigenvalue weighted by Crippen LogP contribution is -2.19. The van der Waals surface area contributed by atoms with Gasteiger partial charge in [-0.1, -0.05) is 305 Å². The van der Waals surface area contributed by atoms with Crippen molar-refractivity contribution in [2.24, 2.45) is 0 Å². The van der Waals surface area contributed by atoms with Gasteiger partial charge in [0.15, 0.2) is 0 Å². The van der Waals surface area contributed by atoms with E-state index >= 15 is 0 Å². The van der Waals surface area contributed by atoms with E-state index in [4.69, 9.17) is 0 Å². The summed E-state index contributed by atoms with van der Waals surface area (Å²) in [5, 5.41) is 0. The Labute approximate surface area is 524 Å². The van der Waals surface area contributed by atoms with E-state index in [1.165, 1.54) is 100 Å². The molecule has 0 radical (unpaired) electrons. The molecule has 0 saturated carbocycles. The van der Waals surface area contributed by atoms with E-state index in [9.17, 15) is 0 Å². The zero-order valence-corrected chi connectivity index (χ0v) is 50.0. The first-order chi connectivity index (χ1) is 43.8. The number of hydrogen-bond acceptors (Lipinski definition) is 2. The van der Waals surface area contributed by atoms with Crippen molar-refractivity contribution in [3.63, 3.8) is 0 Å². The van der Waals surface area contributed by atoms with E-state index in [0.717, 1.165) is 34.1 Å². The second kappa shape index (κ2) is 24.9. The van der Waals surface area contributed by atoms with E-state index in [-0.39, 0.29) is 5.41 Å². The molecule has 0 aliphatic heterocycles. The van der Waals surface area contributed by atoms with Crippen LogP contribution in [0.2, 0.25) is 0 Å². The van der Waals surface area contributed by atoms with Crippen LogP contribution in [0.25, 0.3) is 89.0 Å². The quantitative estimate of drug-likeness (QED) is 0.0951. The van der Waals surface area contributed by atoms with Gasteiger partial charge in [0, 0.05) is 39.5 Å². The van der Waals surface area contributed by atoms with Crippen LogP contribution in [0.15, 0.2) is 364 Å². The van der Waals surface area contributed by atoms with Gasteiger partial charge in [0.1, 0.15) is 0 Å². The smallest absolute Gasteiger partial charge is 0.0462 e. The Morgan fingerprint density at radius 1 is 0.146 bits per heavy atom. The SMILES string of the molecule is CC(C)(c1ccc(N(c2ccc(-c3ccc(-c4ccccc4)cc3)cc2)c2ccc(-c3ccc(-c4ccccc4)cc3)cc2)cc1)c1ccc(N(c2ccc(-c3ccc(-c4ccccc4)cc3)cc2)c2ccc(-c3ccc(-c4ccccc4)cc3)cc2)cc1. The number of nitrogens with zero attached hydrogens (tertiary/aromatic N) is 2. The molecule has 14 rings (SSSR count). The van der Waals surface area contributed by atoms with Crippen LogP contribution in [-0.2, 0) is 5.41 Å². The summed E-state index contributed by atoms with van der Waals surface area (Å²) in [5.74, 6) is 0. The van der Waals surface area contributed by atoms with Crippen LogP contribution >= 0.6 is 0 Å². The van der Waals surface area contributed by atoms with Crippen LogP contribution in [0.4, 0.5) is 34.1 Å². The van der Waals surface area contributed by atoms with Gasteiger partial charge in [0.2, 0.25) is 0 Å². The van der Waals surface area contributed by atoms with Gasteiger partial charge in [-0.2, -0.15) is 0 Å². The third-order valence-electron chi connectivity index (χ3n) is 17.5. The summed E-state index contributed by atoms with van der Waals surface area (Å²) in [6.07, 6.45) is 0. The maximum Gasteiger partial charge on any atom is 0.0462 e. The number of benzene rings is 14. The second-order valence-electron chi connectivity index (χ2n) is 23.4. The Kier molecular flexibility index (Phi) is 15.6. The molecule has 0 bridgehead atoms. The third-order valence-corrected chi connectivity index (χ3v) is 17.5. The first-order valence-electron chi connectivity index (χ1n) is 30.7. The molecule has 14 aromatic rings. The highest BCUT2D eigenvalue weighted by Crippen LogP contribution is 2.42. The van der Waals surface area contributed by atoms with Crippen LogP contribution in [0.5, 0.6) is 0 Å². The number of anilines is 6. The molecule has 0 unspecified atom stereocenters. The highest BCUT2D eigenvalue weighted by molar-refractivity contribution is 5.84. The van der Waals surface area contributed by atoms with Gasteiger partial charge in [-0.05, 0) is 173 Å². The van der Waals surface area contributed by atoms with Crippen LogP contribution in [0, 0.1) is 0 Å². The fraction of sp³-hybridized carbons (Fsp3) is 0.0345. The zero-order chi connectivity index (χ0) is 59.9. The summed E-state index contributed by atoms with van der Waals surface area (Å²) in [7, 11) is 0. The lowest BCUT2D eigenvalue weighted by molar-refractivity contribution is 0.641. The van der Waals surface area contributed by atoms with Gasteiger partial charge in [-0.15, -0.1) is 0 Å². The highest BCUT2D eigenvalue weighted by atomic mass is 15.1. The van der Waals surface area contributed by atoms with Gasteiger partial charge in [0.25, 0.3) is 0 Å². The molecule has 0 atom stereocenters. The van der Waals surface area contributed by atoms with E-state index in [2.05, 4.69) is 388 Å². The monoisotopic (exact) mass is 1140 g/mol. The summed E-state index contributed by atoms with van der Waals surface area (Å²) < 4.78 is 0. The maximum atomic E-state index is 2.37. The Morgan fingerprint density at radius 2 is 0.270 bits per heavy atom. The average molecular weight is 1140 g/mol. The topological polar surface area (TPSA) is 6.48 Å². The molecule has 0 spiro atoms. The molecular weight excluding hydrogens is 1070 g/mol. The van der Waals surface area contributed by atoms with Crippen LogP contribution in [-0.4, -0.2) is 0 Å². The van der Waals surface area contributed by atoms with E-state index in [0.29, 0.717) is 0 Å². The summed E-state index contributed by atoms with van der Waals surface area (Å²) in [6, 6.07) is 132. The molecule has 0 N–H and O–H groups in total. The summed E-state index contributed by atoms with van der Waals surface area (Å²) in [4.78, 5) is 4.74. The van der Waals surface area contributed by atoms with Crippen LogP contribution in [0.1, 0.15) is 25.0 Å². The fourth-order valence-corrected chi connectivity index (χ4v) is 12.3. The van der Waals surface area contributed by atoms with E-state index in [1.54, 1.807) is 0 Å². The molecule has 89 heavy (non-hydrogen) atoms. The van der Waals surface area contributed by atoms with Crippen molar-refractivity contribution in [2.45, 2.75) is 19.3 Å². The van der Waals surface area contributed by atoms with Crippen molar-refractivity contribution in [2.75, 3.05) is 9.80 Å². The Balaban J connectivity index is 0.752. The average Bonchev–Trinajstić information content (AvgIpc) is 2.44. The van der Waals surface area contributed by atoms with Gasteiger partial charge in [0.05, 0.1) is 0 Å². The highest BCUT2D eigenvalue weighted by Gasteiger charge is 2.25. The molecule has 424 valence electrons. The minimum Gasteiger partial charge on any atom is -0.311 e. The van der Waals surface area contributed by atoms with Gasteiger partial charge < -0.3 is 9.80 Å². The molecule has 14 aromatic carbocycles. The molecular formula is C87H66N2. The van der Waals surface area contributed by atoms with Gasteiger partial charge >= 0.3 is 0 Å². The van der Waals surface area contributed by atoms with Gasteiger partial charge in [-0.25, -0.2) is 0 Å². The molecule has 0 aromatic heterocycles. The predicted octanol–water partition coefficient (Wildman–Crippen LogP) is 24.3. The zero-order valence-electron chi connectivity index (χ0n) is 50.0. The molecule has 2 nitrogen and oxygen atoms in total. The lowest BCUT2D eigenvalue weighted by atomic mass is 9.78. The standard InChI is InChI=1S/C87H66N2/c1-87(2,79-47-59-85(60-48-79)88(81-51-39-75(40-52-81)71-31-23-67(24-32-71)63-15-7-3-8-16-63)82-53-41-76(42-54-82)72-33-25-68(26-34-72)64-17-9-4-10-18-64)80-49-61-86(62-50-80)89(83-55-43-77(44-56-83)73-35-27-69(28-36-73)65-19-11-5-12-20-65)84-57-45-78(46-58-84)74-37-29-70(30-38-74)66-21-13-6-14-22-66/h3-62H,1-2H3. The third kappa shape index (κ3) is 12.0. The first kappa shape index (κ1) is 55.5. The Hall–Kier alpha value is -11.3. The minimum absolute atomic E-state index is 0.308. The molecule has 2 heteroatoms. The van der Waals surface area contributed by atoms with Crippen molar-refractivity contribution in [3.8, 4) is 89.0 Å². The van der Waals surface area contributed by atoms with Crippen molar-refractivity contribution in [1.29, 1.82) is 0 Å². The lowest BCUT2D eigenvalue weighted by Gasteiger charge is -2.30. The summed E-state index contributed by atoms with van der Waals surface area (Å²) in [6.45, 7) is 4.66. The molecule has 0 heterocycles. The minimum atomic E-state index is -0.308. The van der Waals surface area contributed by atoms with Crippen molar-refractivity contribution < 1.29 is 0 Å². The molecule has 0 amide bonds. The van der Waals surface area contributed by atoms with E-state index in [1.807, 2.05) is 0 Å². The van der Waals surface area contributed by atoms with Gasteiger partial charge in [-0.3, -0.25) is 0 Å². The second-order valence-corrected chi connectivity index (χ2v) is 23.4. The maximum absolute atomic E-state index is 2.37. The Morgan fingerprint density at radius 3 is 0.427 bits per heavy atom. The van der Waals surface area contributed by atoms with E-state index < -0.39 is 0 Å². The molecule has 0 saturated heterocycles. The fourth-order valence-electron chi connectivity index (χ4n) is 12.3.